The lowest BCUT2D eigenvalue weighted by Crippen LogP contribution is -2.20. The number of benzene rings is 2. The summed E-state index contributed by atoms with van der Waals surface area (Å²) in [5.74, 6) is 1.37. The molecule has 1 amide bonds. The lowest BCUT2D eigenvalue weighted by atomic mass is 10.3. The van der Waals surface area contributed by atoms with Crippen LogP contribution in [0.4, 0.5) is 0 Å². The van der Waals surface area contributed by atoms with Crippen LogP contribution >= 0.6 is 23.1 Å². The van der Waals surface area contributed by atoms with E-state index in [1.165, 1.54) is 11.3 Å². The molecule has 0 N–H and O–H groups in total. The molecule has 0 aliphatic heterocycles. The Morgan fingerprint density at radius 3 is 2.75 bits per heavy atom. The van der Waals surface area contributed by atoms with Crippen LogP contribution in [0.25, 0.3) is 10.2 Å². The van der Waals surface area contributed by atoms with E-state index in [4.69, 9.17) is 9.47 Å². The highest BCUT2D eigenvalue weighted by Gasteiger charge is 2.12. The van der Waals surface area contributed by atoms with E-state index in [9.17, 15) is 4.79 Å². The Morgan fingerprint density at radius 1 is 1.18 bits per heavy atom. The Labute approximate surface area is 173 Å². The Bertz CT molecular complexity index is 980. The summed E-state index contributed by atoms with van der Waals surface area (Å²) in [5, 5.41) is 0. The van der Waals surface area contributed by atoms with Crippen molar-refractivity contribution in [2.45, 2.75) is 24.8 Å². The predicted octanol–water partition coefficient (Wildman–Crippen LogP) is 4.36. The van der Waals surface area contributed by atoms with E-state index >= 15 is 0 Å². The molecule has 0 saturated carbocycles. The molecule has 0 aliphatic rings. The molecule has 1 aromatic heterocycles. The van der Waals surface area contributed by atoms with Gasteiger partial charge in [0.2, 0.25) is 5.91 Å². The molecule has 0 saturated heterocycles. The monoisotopic (exact) mass is 416 g/mol. The van der Waals surface area contributed by atoms with E-state index < -0.39 is 0 Å². The second kappa shape index (κ2) is 10.5. The molecule has 0 aliphatic carbocycles. The van der Waals surface area contributed by atoms with Gasteiger partial charge in [-0.1, -0.05) is 35.6 Å². The normalized spacial score (nSPS) is 11.9. The zero-order valence-electron chi connectivity index (χ0n) is 16.1. The van der Waals surface area contributed by atoms with Crippen LogP contribution in [0.5, 0.6) is 5.75 Å². The van der Waals surface area contributed by atoms with Crippen LogP contribution in [0, 0.1) is 0 Å². The molecule has 0 atom stereocenters. The molecule has 148 valence electrons. The van der Waals surface area contributed by atoms with Gasteiger partial charge in [0.25, 0.3) is 0 Å². The quantitative estimate of drug-likeness (QED) is 0.384. The van der Waals surface area contributed by atoms with Crippen molar-refractivity contribution in [3.63, 3.8) is 0 Å². The summed E-state index contributed by atoms with van der Waals surface area (Å²) in [4.78, 5) is 18.7. The molecular weight excluding hydrogens is 392 g/mol. The molecule has 0 bridgehead atoms. The standard InChI is InChI=1S/C21H24N2O3S2/c1-3-26-14-13-23-20-17(25-2)10-7-11-18(20)28-21(23)22-19(24)12-15-27-16-8-5-4-6-9-16/h4-11H,3,12-15H2,1-2H3. The molecule has 5 nitrogen and oxygen atoms in total. The van der Waals surface area contributed by atoms with Gasteiger partial charge >= 0.3 is 0 Å². The van der Waals surface area contributed by atoms with Gasteiger partial charge in [-0.25, -0.2) is 0 Å². The van der Waals surface area contributed by atoms with Gasteiger partial charge < -0.3 is 14.0 Å². The topological polar surface area (TPSA) is 52.8 Å². The van der Waals surface area contributed by atoms with Gasteiger partial charge in [-0.2, -0.15) is 4.99 Å². The first-order chi connectivity index (χ1) is 13.7. The summed E-state index contributed by atoms with van der Waals surface area (Å²) < 4.78 is 14.1. The maximum Gasteiger partial charge on any atom is 0.249 e. The molecule has 1 heterocycles. The highest BCUT2D eigenvalue weighted by molar-refractivity contribution is 7.99. The second-order valence-corrected chi connectivity index (χ2v) is 8.13. The first-order valence-electron chi connectivity index (χ1n) is 9.22. The van der Waals surface area contributed by atoms with Crippen molar-refractivity contribution in [3.05, 3.63) is 53.3 Å². The molecule has 3 aromatic rings. The molecular formula is C21H24N2O3S2. The van der Waals surface area contributed by atoms with Crippen molar-refractivity contribution in [2.24, 2.45) is 4.99 Å². The number of carbonyl (C=O) groups is 1. The minimum Gasteiger partial charge on any atom is -0.495 e. The minimum absolute atomic E-state index is 0.112. The van der Waals surface area contributed by atoms with Crippen molar-refractivity contribution in [3.8, 4) is 5.75 Å². The molecule has 7 heteroatoms. The van der Waals surface area contributed by atoms with Crippen molar-refractivity contribution in [1.82, 2.24) is 4.57 Å². The Morgan fingerprint density at radius 2 is 2.00 bits per heavy atom. The first-order valence-corrected chi connectivity index (χ1v) is 11.0. The third-order valence-electron chi connectivity index (χ3n) is 4.10. The van der Waals surface area contributed by atoms with Crippen molar-refractivity contribution >= 4 is 39.2 Å². The molecule has 0 unspecified atom stereocenters. The smallest absolute Gasteiger partial charge is 0.249 e. The Balaban J connectivity index is 1.81. The third-order valence-corrected chi connectivity index (χ3v) is 6.15. The number of fused-ring (bicyclic) bond motifs is 1. The number of rotatable bonds is 9. The molecule has 0 radical (unpaired) electrons. The number of para-hydroxylation sites is 1. The average Bonchev–Trinajstić information content (AvgIpc) is 3.06. The fourth-order valence-electron chi connectivity index (χ4n) is 2.79. The van der Waals surface area contributed by atoms with E-state index in [2.05, 4.69) is 4.99 Å². The van der Waals surface area contributed by atoms with Crippen molar-refractivity contribution < 1.29 is 14.3 Å². The lowest BCUT2D eigenvalue weighted by Gasteiger charge is -2.08. The number of hydrogen-bond donors (Lipinski definition) is 0. The van der Waals surface area contributed by atoms with Gasteiger partial charge in [-0.05, 0) is 31.2 Å². The Hall–Kier alpha value is -2.09. The van der Waals surface area contributed by atoms with Crippen LogP contribution in [0.2, 0.25) is 0 Å². The number of carbonyl (C=O) groups excluding carboxylic acids is 1. The van der Waals surface area contributed by atoms with Gasteiger partial charge in [0.15, 0.2) is 4.80 Å². The summed E-state index contributed by atoms with van der Waals surface area (Å²) in [7, 11) is 1.65. The average molecular weight is 417 g/mol. The van der Waals surface area contributed by atoms with E-state index in [0.29, 0.717) is 36.7 Å². The number of thioether (sulfide) groups is 1. The number of ether oxygens (including phenoxy) is 2. The molecule has 0 spiro atoms. The highest BCUT2D eigenvalue weighted by Crippen LogP contribution is 2.27. The van der Waals surface area contributed by atoms with Gasteiger partial charge in [0.05, 0.1) is 18.4 Å². The third kappa shape index (κ3) is 5.25. The van der Waals surface area contributed by atoms with Crippen LogP contribution in [0.1, 0.15) is 13.3 Å². The number of aromatic nitrogens is 1. The number of nitrogens with zero attached hydrogens (tertiary/aromatic N) is 2. The molecule has 2 aromatic carbocycles. The molecule has 0 fully saturated rings. The summed E-state index contributed by atoms with van der Waals surface area (Å²) in [6, 6.07) is 16.0. The molecule has 28 heavy (non-hydrogen) atoms. The molecule has 3 rings (SSSR count). The number of methoxy groups -OCH3 is 1. The van der Waals surface area contributed by atoms with Gasteiger partial charge in [0, 0.05) is 30.2 Å². The SMILES string of the molecule is CCOCCn1c(=NC(=O)CCSc2ccccc2)sc2cccc(OC)c21. The number of thiazole rings is 1. The van der Waals surface area contributed by atoms with Gasteiger partial charge in [-0.15, -0.1) is 11.8 Å². The van der Waals surface area contributed by atoms with E-state index in [1.807, 2.05) is 60.0 Å². The van der Waals surface area contributed by atoms with E-state index in [-0.39, 0.29) is 5.91 Å². The lowest BCUT2D eigenvalue weighted by molar-refractivity contribution is -0.117. The summed E-state index contributed by atoms with van der Waals surface area (Å²) in [5.41, 5.74) is 0.958. The second-order valence-electron chi connectivity index (χ2n) is 5.96. The van der Waals surface area contributed by atoms with Crippen LogP contribution in [-0.2, 0) is 16.1 Å². The Kier molecular flexibility index (Phi) is 7.71. The fourth-order valence-corrected chi connectivity index (χ4v) is 4.74. The van der Waals surface area contributed by atoms with Crippen LogP contribution in [0.15, 0.2) is 58.4 Å². The summed E-state index contributed by atoms with van der Waals surface area (Å²) in [6.45, 7) is 3.81. The maximum absolute atomic E-state index is 12.5. The van der Waals surface area contributed by atoms with Crippen LogP contribution < -0.4 is 9.54 Å². The van der Waals surface area contributed by atoms with Crippen molar-refractivity contribution in [2.75, 3.05) is 26.1 Å². The van der Waals surface area contributed by atoms with E-state index in [1.54, 1.807) is 18.9 Å². The zero-order chi connectivity index (χ0) is 19.8. The number of amides is 1. The summed E-state index contributed by atoms with van der Waals surface area (Å²) >= 11 is 3.17. The number of hydrogen-bond acceptors (Lipinski definition) is 5. The van der Waals surface area contributed by atoms with Crippen LogP contribution in [0.3, 0.4) is 0 Å². The van der Waals surface area contributed by atoms with Crippen molar-refractivity contribution in [1.29, 1.82) is 0 Å². The van der Waals surface area contributed by atoms with E-state index in [0.717, 1.165) is 20.9 Å². The largest absolute Gasteiger partial charge is 0.495 e. The van der Waals surface area contributed by atoms with Gasteiger partial charge in [0.1, 0.15) is 11.3 Å². The summed E-state index contributed by atoms with van der Waals surface area (Å²) in [6.07, 6.45) is 0.399. The zero-order valence-corrected chi connectivity index (χ0v) is 17.7. The first kappa shape index (κ1) is 20.6. The minimum atomic E-state index is -0.112. The van der Waals surface area contributed by atoms with Gasteiger partial charge in [-0.3, -0.25) is 4.79 Å². The highest BCUT2D eigenvalue weighted by atomic mass is 32.2. The van der Waals surface area contributed by atoms with Crippen LogP contribution in [-0.4, -0.2) is 36.6 Å². The predicted molar refractivity (Wildman–Crippen MR) is 115 cm³/mol. The maximum atomic E-state index is 12.5. The fraction of sp³-hybridized carbons (Fsp3) is 0.333.